The van der Waals surface area contributed by atoms with Crippen molar-refractivity contribution >= 4 is 23.5 Å². The number of amides is 2. The fourth-order valence-corrected chi connectivity index (χ4v) is 3.50. The zero-order chi connectivity index (χ0) is 22.1. The molecule has 2 heterocycles. The molecule has 1 fully saturated rings. The smallest absolute Gasteiger partial charge is 0.246 e. The SMILES string of the molecule is CCNC(=NCc1cccc(NC(=O)Cn2cccn2)c1)NC1CCN(C(=O)CC)C1. The number of benzene rings is 1. The second kappa shape index (κ2) is 11.1. The van der Waals surface area contributed by atoms with Crippen molar-refractivity contribution in [2.45, 2.75) is 45.8 Å². The summed E-state index contributed by atoms with van der Waals surface area (Å²) in [6.07, 6.45) is 4.85. The van der Waals surface area contributed by atoms with Crippen LogP contribution in [0.5, 0.6) is 0 Å². The maximum absolute atomic E-state index is 12.2. The van der Waals surface area contributed by atoms with Crippen LogP contribution in [0.15, 0.2) is 47.7 Å². The van der Waals surface area contributed by atoms with Crippen LogP contribution in [0.2, 0.25) is 0 Å². The third kappa shape index (κ3) is 6.84. The van der Waals surface area contributed by atoms with Gasteiger partial charge in [0.25, 0.3) is 0 Å². The van der Waals surface area contributed by atoms with Crippen molar-refractivity contribution in [2.75, 3.05) is 25.0 Å². The number of aliphatic imine (C=N–C) groups is 1. The minimum atomic E-state index is -0.133. The van der Waals surface area contributed by atoms with Crippen LogP contribution < -0.4 is 16.0 Å². The predicted molar refractivity (Wildman–Crippen MR) is 121 cm³/mol. The maximum atomic E-state index is 12.2. The highest BCUT2D eigenvalue weighted by atomic mass is 16.2. The van der Waals surface area contributed by atoms with Crippen LogP contribution in [0.25, 0.3) is 0 Å². The Labute approximate surface area is 182 Å². The van der Waals surface area contributed by atoms with E-state index in [1.165, 1.54) is 0 Å². The summed E-state index contributed by atoms with van der Waals surface area (Å²) in [5, 5.41) is 13.6. The van der Waals surface area contributed by atoms with Crippen LogP contribution in [0.3, 0.4) is 0 Å². The van der Waals surface area contributed by atoms with E-state index in [1.807, 2.05) is 43.0 Å². The van der Waals surface area contributed by atoms with Crippen LogP contribution in [0.1, 0.15) is 32.3 Å². The standard InChI is InChI=1S/C22H31N7O2/c1-3-21(31)28-12-9-19(15-28)27-22(23-4-2)24-14-17-7-5-8-18(13-17)26-20(30)16-29-11-6-10-25-29/h5-8,10-11,13,19H,3-4,9,12,14-16H2,1-2H3,(H,26,30)(H2,23,24,27). The van der Waals surface area contributed by atoms with Gasteiger partial charge >= 0.3 is 0 Å². The van der Waals surface area contributed by atoms with Gasteiger partial charge in [-0.2, -0.15) is 5.10 Å². The normalized spacial score (nSPS) is 16.3. The van der Waals surface area contributed by atoms with Gasteiger partial charge in [-0.05, 0) is 37.1 Å². The van der Waals surface area contributed by atoms with Crippen molar-refractivity contribution in [3.63, 3.8) is 0 Å². The first kappa shape index (κ1) is 22.3. The number of hydrogen-bond acceptors (Lipinski definition) is 4. The summed E-state index contributed by atoms with van der Waals surface area (Å²) >= 11 is 0. The molecule has 1 aliphatic heterocycles. The van der Waals surface area contributed by atoms with Crippen molar-refractivity contribution in [2.24, 2.45) is 4.99 Å². The highest BCUT2D eigenvalue weighted by molar-refractivity contribution is 5.90. The lowest BCUT2D eigenvalue weighted by molar-refractivity contribution is -0.129. The molecule has 9 heteroatoms. The van der Waals surface area contributed by atoms with Crippen molar-refractivity contribution in [3.8, 4) is 0 Å². The van der Waals surface area contributed by atoms with Crippen molar-refractivity contribution in [1.29, 1.82) is 0 Å². The van der Waals surface area contributed by atoms with Gasteiger partial charge in [0.15, 0.2) is 5.96 Å². The summed E-state index contributed by atoms with van der Waals surface area (Å²) in [4.78, 5) is 30.7. The molecule has 31 heavy (non-hydrogen) atoms. The summed E-state index contributed by atoms with van der Waals surface area (Å²) in [6.45, 7) is 6.79. The first-order valence-electron chi connectivity index (χ1n) is 10.8. The van der Waals surface area contributed by atoms with Crippen molar-refractivity contribution in [3.05, 3.63) is 48.3 Å². The lowest BCUT2D eigenvalue weighted by Crippen LogP contribution is -2.45. The van der Waals surface area contributed by atoms with Crippen molar-refractivity contribution < 1.29 is 9.59 Å². The number of hydrogen-bond donors (Lipinski definition) is 3. The number of carbonyl (C=O) groups excluding carboxylic acids is 2. The quantitative estimate of drug-likeness (QED) is 0.440. The summed E-state index contributed by atoms with van der Waals surface area (Å²) < 4.78 is 1.58. The number of guanidine groups is 1. The summed E-state index contributed by atoms with van der Waals surface area (Å²) in [7, 11) is 0. The second-order valence-corrected chi connectivity index (χ2v) is 7.47. The van der Waals surface area contributed by atoms with Gasteiger partial charge in [0.1, 0.15) is 6.54 Å². The molecule has 0 saturated carbocycles. The van der Waals surface area contributed by atoms with E-state index in [9.17, 15) is 9.59 Å². The van der Waals surface area contributed by atoms with Gasteiger partial charge in [-0.15, -0.1) is 0 Å². The van der Waals surface area contributed by atoms with Gasteiger partial charge in [-0.25, -0.2) is 4.99 Å². The van der Waals surface area contributed by atoms with Gasteiger partial charge in [0.05, 0.1) is 6.54 Å². The van der Waals surface area contributed by atoms with E-state index < -0.39 is 0 Å². The number of aromatic nitrogens is 2. The lowest BCUT2D eigenvalue weighted by atomic mass is 10.2. The molecule has 1 saturated heterocycles. The molecule has 0 bridgehead atoms. The zero-order valence-corrected chi connectivity index (χ0v) is 18.2. The molecule has 1 unspecified atom stereocenters. The van der Waals surface area contributed by atoms with Gasteiger partial charge < -0.3 is 20.9 Å². The molecular formula is C22H31N7O2. The van der Waals surface area contributed by atoms with E-state index in [-0.39, 0.29) is 24.4 Å². The molecule has 166 valence electrons. The van der Waals surface area contributed by atoms with E-state index in [0.29, 0.717) is 19.5 Å². The number of carbonyl (C=O) groups is 2. The molecule has 0 aliphatic carbocycles. The van der Waals surface area contributed by atoms with E-state index >= 15 is 0 Å². The van der Waals surface area contributed by atoms with Crippen LogP contribution in [-0.2, 0) is 22.7 Å². The van der Waals surface area contributed by atoms with Gasteiger partial charge in [0.2, 0.25) is 11.8 Å². The Kier molecular flexibility index (Phi) is 8.03. The first-order valence-corrected chi connectivity index (χ1v) is 10.8. The molecule has 2 aromatic rings. The third-order valence-electron chi connectivity index (χ3n) is 5.02. The Balaban J connectivity index is 1.56. The molecule has 1 aromatic carbocycles. The molecule has 0 spiro atoms. The van der Waals surface area contributed by atoms with E-state index in [2.05, 4.69) is 26.0 Å². The Hall–Kier alpha value is -3.36. The summed E-state index contributed by atoms with van der Waals surface area (Å²) in [5.74, 6) is 0.788. The Morgan fingerprint density at radius 3 is 2.87 bits per heavy atom. The Morgan fingerprint density at radius 1 is 1.26 bits per heavy atom. The van der Waals surface area contributed by atoms with Gasteiger partial charge in [0, 0.05) is 50.2 Å². The fraction of sp³-hybridized carbons (Fsp3) is 0.455. The maximum Gasteiger partial charge on any atom is 0.246 e. The number of rotatable bonds is 8. The molecule has 1 aliphatic rings. The number of nitrogens with one attached hydrogen (secondary N) is 3. The van der Waals surface area contributed by atoms with Gasteiger partial charge in [-0.1, -0.05) is 19.1 Å². The van der Waals surface area contributed by atoms with E-state index in [1.54, 1.807) is 23.1 Å². The minimum absolute atomic E-state index is 0.133. The molecule has 3 rings (SSSR count). The highest BCUT2D eigenvalue weighted by Gasteiger charge is 2.25. The summed E-state index contributed by atoms with van der Waals surface area (Å²) in [5.41, 5.74) is 1.72. The fourth-order valence-electron chi connectivity index (χ4n) is 3.50. The Bertz CT molecular complexity index is 895. The minimum Gasteiger partial charge on any atom is -0.357 e. The average Bonchev–Trinajstić information content (AvgIpc) is 3.44. The van der Waals surface area contributed by atoms with Gasteiger partial charge in [-0.3, -0.25) is 14.3 Å². The predicted octanol–water partition coefficient (Wildman–Crippen LogP) is 1.59. The zero-order valence-electron chi connectivity index (χ0n) is 18.2. The lowest BCUT2D eigenvalue weighted by Gasteiger charge is -2.18. The summed E-state index contributed by atoms with van der Waals surface area (Å²) in [6, 6.07) is 9.64. The molecule has 9 nitrogen and oxygen atoms in total. The molecule has 2 amide bonds. The third-order valence-corrected chi connectivity index (χ3v) is 5.02. The van der Waals surface area contributed by atoms with E-state index in [0.717, 1.165) is 36.7 Å². The number of nitrogens with zero attached hydrogens (tertiary/aromatic N) is 4. The van der Waals surface area contributed by atoms with Crippen LogP contribution in [0, 0.1) is 0 Å². The average molecular weight is 426 g/mol. The molecule has 0 radical (unpaired) electrons. The second-order valence-electron chi connectivity index (χ2n) is 7.47. The highest BCUT2D eigenvalue weighted by Crippen LogP contribution is 2.13. The van der Waals surface area contributed by atoms with Crippen LogP contribution >= 0.6 is 0 Å². The number of likely N-dealkylation sites (tertiary alicyclic amines) is 1. The van der Waals surface area contributed by atoms with Crippen LogP contribution in [0.4, 0.5) is 5.69 Å². The Morgan fingerprint density at radius 2 is 2.13 bits per heavy atom. The molecular weight excluding hydrogens is 394 g/mol. The first-order chi connectivity index (χ1) is 15.1. The van der Waals surface area contributed by atoms with Crippen LogP contribution in [-0.4, -0.2) is 58.1 Å². The molecule has 3 N–H and O–H groups in total. The molecule has 1 atom stereocenters. The van der Waals surface area contributed by atoms with E-state index in [4.69, 9.17) is 0 Å². The largest absolute Gasteiger partial charge is 0.357 e. The number of anilines is 1. The monoisotopic (exact) mass is 425 g/mol. The topological polar surface area (TPSA) is 104 Å². The van der Waals surface area contributed by atoms with Crippen molar-refractivity contribution in [1.82, 2.24) is 25.3 Å². The molecule has 1 aromatic heterocycles.